The molecule has 36 heavy (non-hydrogen) atoms. The van der Waals surface area contributed by atoms with Crippen molar-refractivity contribution in [3.8, 4) is 17.2 Å². The molecular weight excluding hydrogens is 485 g/mol. The Bertz CT molecular complexity index is 1770. The number of aryl methyl sites for hydroxylation is 1. The molecule has 9 heteroatoms. The average Bonchev–Trinajstić information content (AvgIpc) is 3.33. The van der Waals surface area contributed by atoms with Crippen LogP contribution in [0.4, 0.5) is 4.39 Å². The van der Waals surface area contributed by atoms with E-state index >= 15 is 0 Å². The molecule has 7 nitrogen and oxygen atoms in total. The second-order valence-electron chi connectivity index (χ2n) is 8.43. The van der Waals surface area contributed by atoms with Crippen LogP contribution in [0.3, 0.4) is 0 Å². The van der Waals surface area contributed by atoms with Crippen LogP contribution in [0.15, 0.2) is 84.5 Å². The highest BCUT2D eigenvalue weighted by molar-refractivity contribution is 7.99. The number of ether oxygens (including phenoxy) is 2. The fourth-order valence-electron chi connectivity index (χ4n) is 4.22. The van der Waals surface area contributed by atoms with Crippen LogP contribution in [-0.4, -0.2) is 16.5 Å². The lowest BCUT2D eigenvalue weighted by atomic mass is 10.1. The number of aromatic hydroxyl groups is 1. The summed E-state index contributed by atoms with van der Waals surface area (Å²) in [5, 5.41) is 11.5. The van der Waals surface area contributed by atoms with E-state index in [1.165, 1.54) is 16.7 Å². The van der Waals surface area contributed by atoms with Crippen molar-refractivity contribution in [2.24, 2.45) is 0 Å². The summed E-state index contributed by atoms with van der Waals surface area (Å²) in [5.74, 6) is 0.0162. The first-order valence-corrected chi connectivity index (χ1v) is 11.9. The number of hydrogen-bond donors (Lipinski definition) is 1. The molecule has 0 radical (unpaired) electrons. The minimum atomic E-state index is -0.764. The van der Waals surface area contributed by atoms with Crippen LogP contribution in [-0.2, 0) is 6.54 Å². The third-order valence-electron chi connectivity index (χ3n) is 6.04. The fraction of sp³-hybridized carbons (Fsp3) is 0.111. The largest absolute Gasteiger partial charge is 0.505 e. The monoisotopic (exact) mass is 503 g/mol. The highest BCUT2D eigenvalue weighted by Gasteiger charge is 2.25. The van der Waals surface area contributed by atoms with Gasteiger partial charge in [-0.15, -0.1) is 0 Å². The Morgan fingerprint density at radius 2 is 1.69 bits per heavy atom. The van der Waals surface area contributed by atoms with Crippen molar-refractivity contribution in [2.45, 2.75) is 23.3 Å². The first-order valence-electron chi connectivity index (χ1n) is 11.0. The highest BCUT2D eigenvalue weighted by Crippen LogP contribution is 2.41. The molecule has 0 unspecified atom stereocenters. The fourth-order valence-corrected chi connectivity index (χ4v) is 5.05. The lowest BCUT2D eigenvalue weighted by Crippen LogP contribution is -2.23. The van der Waals surface area contributed by atoms with Crippen LogP contribution >= 0.6 is 11.8 Å². The van der Waals surface area contributed by atoms with Crippen molar-refractivity contribution in [3.63, 3.8) is 0 Å². The molecule has 6 rings (SSSR count). The lowest BCUT2D eigenvalue weighted by molar-refractivity contribution is 0.174. The normalized spacial score (nSPS) is 12.5. The van der Waals surface area contributed by atoms with Gasteiger partial charge in [-0.2, -0.15) is 0 Å². The van der Waals surface area contributed by atoms with Crippen LogP contribution in [0.25, 0.3) is 21.9 Å². The van der Waals surface area contributed by atoms with Crippen LogP contribution in [0.5, 0.6) is 17.2 Å². The second-order valence-corrected chi connectivity index (χ2v) is 9.51. The quantitative estimate of drug-likeness (QED) is 0.338. The van der Waals surface area contributed by atoms with Crippen LogP contribution in [0.1, 0.15) is 11.1 Å². The van der Waals surface area contributed by atoms with E-state index < -0.39 is 22.8 Å². The number of fused-ring (bicyclic) bond motifs is 4. The van der Waals surface area contributed by atoms with Gasteiger partial charge in [0.2, 0.25) is 6.79 Å². The summed E-state index contributed by atoms with van der Waals surface area (Å²) in [6, 6.07) is 16.4. The molecule has 5 aromatic rings. The van der Waals surface area contributed by atoms with Crippen molar-refractivity contribution >= 4 is 33.6 Å². The number of halogens is 1. The molecule has 2 aromatic heterocycles. The van der Waals surface area contributed by atoms with Crippen molar-refractivity contribution < 1.29 is 23.4 Å². The Morgan fingerprint density at radius 1 is 1.00 bits per heavy atom. The lowest BCUT2D eigenvalue weighted by Gasteiger charge is -2.15. The molecule has 0 saturated heterocycles. The van der Waals surface area contributed by atoms with Crippen molar-refractivity contribution in [1.29, 1.82) is 0 Å². The standard InChI is InChI=1S/C27H18FNO6S/c1-14-2-8-17(9-3-14)36-25-23(30)22-24(35-27(25)32)18-10-20-21(34-13-33-20)11-19(18)29(26(22)31)12-15-4-6-16(28)7-5-15/h2-11,30H,12-13H2,1H3. The molecule has 1 aliphatic heterocycles. The minimum absolute atomic E-state index is 0.0122. The van der Waals surface area contributed by atoms with Gasteiger partial charge in [-0.3, -0.25) is 4.79 Å². The molecule has 0 amide bonds. The van der Waals surface area contributed by atoms with E-state index in [9.17, 15) is 19.1 Å². The first-order chi connectivity index (χ1) is 17.4. The van der Waals surface area contributed by atoms with Gasteiger partial charge in [0.1, 0.15) is 16.1 Å². The van der Waals surface area contributed by atoms with Gasteiger partial charge < -0.3 is 23.6 Å². The maximum Gasteiger partial charge on any atom is 0.354 e. The second kappa shape index (κ2) is 8.46. The molecule has 1 aliphatic rings. The maximum atomic E-state index is 13.8. The van der Waals surface area contributed by atoms with E-state index in [0.29, 0.717) is 32.9 Å². The Balaban J connectivity index is 1.63. The number of rotatable bonds is 4. The summed E-state index contributed by atoms with van der Waals surface area (Å²) in [6.07, 6.45) is 0. The van der Waals surface area contributed by atoms with Gasteiger partial charge in [-0.05, 0) is 42.8 Å². The van der Waals surface area contributed by atoms with Crippen molar-refractivity contribution in [2.75, 3.05) is 6.79 Å². The molecule has 3 aromatic carbocycles. The molecule has 0 atom stereocenters. The van der Waals surface area contributed by atoms with E-state index in [1.807, 2.05) is 31.2 Å². The smallest absolute Gasteiger partial charge is 0.354 e. The molecule has 0 fully saturated rings. The molecular formula is C27H18FNO6S. The maximum absolute atomic E-state index is 13.8. The van der Waals surface area contributed by atoms with Crippen molar-refractivity contribution in [1.82, 2.24) is 4.57 Å². The summed E-state index contributed by atoms with van der Waals surface area (Å²) in [6.45, 7) is 2.04. The Hall–Kier alpha value is -4.24. The zero-order chi connectivity index (χ0) is 25.0. The van der Waals surface area contributed by atoms with Gasteiger partial charge in [0.05, 0.1) is 12.1 Å². The van der Waals surface area contributed by atoms with E-state index in [4.69, 9.17) is 13.9 Å². The van der Waals surface area contributed by atoms with Gasteiger partial charge in [0, 0.05) is 16.3 Å². The Labute approximate surface area is 207 Å². The number of pyridine rings is 1. The van der Waals surface area contributed by atoms with Gasteiger partial charge in [0.25, 0.3) is 5.56 Å². The Kier molecular flexibility index (Phi) is 5.22. The summed E-state index contributed by atoms with van der Waals surface area (Å²) >= 11 is 1.02. The van der Waals surface area contributed by atoms with Gasteiger partial charge in [0.15, 0.2) is 22.8 Å². The highest BCUT2D eigenvalue weighted by atomic mass is 32.2. The predicted molar refractivity (Wildman–Crippen MR) is 133 cm³/mol. The van der Waals surface area contributed by atoms with Gasteiger partial charge >= 0.3 is 5.63 Å². The molecule has 0 bridgehead atoms. The first kappa shape index (κ1) is 22.2. The SMILES string of the molecule is Cc1ccc(Sc2c(O)c3c(=O)n(Cc4ccc(F)cc4)c4cc5c(cc4c3oc2=O)OCO5)cc1. The van der Waals surface area contributed by atoms with Crippen LogP contribution < -0.4 is 20.7 Å². The van der Waals surface area contributed by atoms with Crippen LogP contribution in [0.2, 0.25) is 0 Å². The molecule has 0 aliphatic carbocycles. The van der Waals surface area contributed by atoms with E-state index in [-0.39, 0.29) is 29.2 Å². The molecule has 3 heterocycles. The van der Waals surface area contributed by atoms with Crippen LogP contribution in [0, 0.1) is 12.7 Å². The van der Waals surface area contributed by atoms with E-state index in [2.05, 4.69) is 0 Å². The summed E-state index contributed by atoms with van der Waals surface area (Å²) in [5.41, 5.74) is 0.765. The predicted octanol–water partition coefficient (Wildman–Crippen LogP) is 5.19. The van der Waals surface area contributed by atoms with E-state index in [0.717, 1.165) is 17.3 Å². The molecule has 0 spiro atoms. The molecule has 1 N–H and O–H groups in total. The van der Waals surface area contributed by atoms with E-state index in [1.54, 1.807) is 24.3 Å². The van der Waals surface area contributed by atoms with Gasteiger partial charge in [-0.1, -0.05) is 41.6 Å². The average molecular weight is 504 g/mol. The third kappa shape index (κ3) is 3.68. The third-order valence-corrected chi connectivity index (χ3v) is 7.11. The minimum Gasteiger partial charge on any atom is -0.505 e. The number of benzene rings is 3. The Morgan fingerprint density at radius 3 is 2.42 bits per heavy atom. The molecule has 0 saturated carbocycles. The summed E-state index contributed by atoms with van der Waals surface area (Å²) in [4.78, 5) is 27.4. The number of nitrogens with zero attached hydrogens (tertiary/aromatic N) is 1. The summed E-state index contributed by atoms with van der Waals surface area (Å²) < 4.78 is 31.5. The topological polar surface area (TPSA) is 90.9 Å². The number of aromatic nitrogens is 1. The zero-order valence-electron chi connectivity index (χ0n) is 18.9. The molecule has 180 valence electrons. The number of hydrogen-bond acceptors (Lipinski definition) is 7. The van der Waals surface area contributed by atoms with Crippen molar-refractivity contribution in [3.05, 3.63) is 98.4 Å². The summed E-state index contributed by atoms with van der Waals surface area (Å²) in [7, 11) is 0. The zero-order valence-corrected chi connectivity index (χ0v) is 19.7. The van der Waals surface area contributed by atoms with Gasteiger partial charge in [-0.25, -0.2) is 9.18 Å².